The maximum absolute atomic E-state index is 2.33. The van der Waals surface area contributed by atoms with E-state index in [1.807, 2.05) is 0 Å². The van der Waals surface area contributed by atoms with Crippen LogP contribution in [-0.4, -0.2) is 43.8 Å². The van der Waals surface area contributed by atoms with Crippen LogP contribution in [0.4, 0.5) is 0 Å². The zero-order chi connectivity index (χ0) is 20.3. The minimum Gasteiger partial charge on any atom is -0.504 e. The largest absolute Gasteiger partial charge is 2.00 e. The van der Waals surface area contributed by atoms with Crippen LogP contribution in [0.15, 0.2) is 22.8 Å². The maximum Gasteiger partial charge on any atom is 2.00 e. The van der Waals surface area contributed by atoms with Gasteiger partial charge in [-0.05, 0) is 130 Å². The third kappa shape index (κ3) is 6.09. The fourth-order valence-electron chi connectivity index (χ4n) is 3.44. The Kier molecular flexibility index (Phi) is 10.3. The molecule has 5 heteroatoms. The Morgan fingerprint density at radius 2 is 0.593 bits per heavy atom. The summed E-state index contributed by atoms with van der Waals surface area (Å²) in [7, 11) is 0. The molecule has 158 valence electrons. The summed E-state index contributed by atoms with van der Waals surface area (Å²) in [5.74, 6) is 0. The number of allylic oxidation sites excluding steroid dienone is 4. The van der Waals surface area contributed by atoms with Crippen molar-refractivity contribution in [2.24, 2.45) is 0 Å². The Bertz CT molecular complexity index is 442. The van der Waals surface area contributed by atoms with Crippen LogP contribution in [0.5, 0.6) is 0 Å². The summed E-state index contributed by atoms with van der Waals surface area (Å²) in [6.07, 6.45) is 0. The summed E-state index contributed by atoms with van der Waals surface area (Å²) < 4.78 is 0. The van der Waals surface area contributed by atoms with E-state index in [1.54, 1.807) is 0 Å². The quantitative estimate of drug-likeness (QED) is 0.436. The maximum atomic E-state index is 2.33. The van der Waals surface area contributed by atoms with Gasteiger partial charge in [0.05, 0.1) is 0 Å². The summed E-state index contributed by atoms with van der Waals surface area (Å²) in [6.45, 7) is 31.0. The van der Waals surface area contributed by atoms with Crippen molar-refractivity contribution < 1.29 is 17.1 Å². The minimum atomic E-state index is 0. The summed E-state index contributed by atoms with van der Waals surface area (Å²) in [5, 5.41) is 0. The molecule has 2 rings (SSSR count). The Hall–Kier alpha value is -0.801. The average molecular weight is 418 g/mol. The molecule has 0 aromatic heterocycles. The van der Waals surface area contributed by atoms with Crippen molar-refractivity contribution in [3.63, 3.8) is 0 Å². The van der Waals surface area contributed by atoms with Gasteiger partial charge in [0.2, 0.25) is 0 Å². The fraction of sp³-hybridized carbons (Fsp3) is 0.727. The van der Waals surface area contributed by atoms with Crippen molar-refractivity contribution in [3.05, 3.63) is 36.1 Å². The molecule has 27 heavy (non-hydrogen) atoms. The number of nitrogens with zero attached hydrogens (tertiary/aromatic N) is 4. The first-order chi connectivity index (χ1) is 11.9. The van der Waals surface area contributed by atoms with Crippen LogP contribution in [-0.2, 0) is 17.1 Å². The molecular weight excluding hydrogens is 376 g/mol. The predicted octanol–water partition coefficient (Wildman–Crippen LogP) is 5.58. The molecule has 0 unspecified atom stereocenters. The monoisotopic (exact) mass is 418 g/mol. The van der Waals surface area contributed by atoms with Crippen molar-refractivity contribution >= 4 is 0 Å². The topological polar surface area (TPSA) is 13.0 Å². The van der Waals surface area contributed by atoms with Crippen molar-refractivity contribution in [1.29, 1.82) is 0 Å². The molecule has 0 saturated heterocycles. The van der Waals surface area contributed by atoms with E-state index in [9.17, 15) is 0 Å². The number of rotatable bonds is 4. The van der Waals surface area contributed by atoms with E-state index >= 15 is 0 Å². The van der Waals surface area contributed by atoms with Gasteiger partial charge in [0, 0.05) is 0 Å². The summed E-state index contributed by atoms with van der Waals surface area (Å²) in [6, 6.07) is 2.22. The van der Waals surface area contributed by atoms with Gasteiger partial charge in [0.15, 0.2) is 0 Å². The van der Waals surface area contributed by atoms with E-state index in [0.29, 0.717) is 24.2 Å². The minimum absolute atomic E-state index is 0. The molecule has 2 aliphatic heterocycles. The van der Waals surface area contributed by atoms with Crippen molar-refractivity contribution in [3.8, 4) is 0 Å². The van der Waals surface area contributed by atoms with Crippen LogP contribution in [0, 0.1) is 13.3 Å². The Balaban J connectivity index is 0.000000483. The molecule has 0 saturated carbocycles. The Labute approximate surface area is 180 Å². The van der Waals surface area contributed by atoms with Crippen molar-refractivity contribution in [1.82, 2.24) is 19.6 Å². The summed E-state index contributed by atoms with van der Waals surface area (Å²) >= 11 is 0. The third-order valence-electron chi connectivity index (χ3n) is 5.32. The Morgan fingerprint density at radius 1 is 0.444 bits per heavy atom. The van der Waals surface area contributed by atoms with E-state index in [4.69, 9.17) is 0 Å². The van der Waals surface area contributed by atoms with Crippen molar-refractivity contribution in [2.45, 2.75) is 107 Å². The zero-order valence-electron chi connectivity index (χ0n) is 19.6. The van der Waals surface area contributed by atoms with E-state index < -0.39 is 0 Å². The van der Waals surface area contributed by atoms with Crippen LogP contribution in [0.1, 0.15) is 83.1 Å². The molecule has 2 heterocycles. The molecule has 0 atom stereocenters. The molecule has 2 aliphatic rings. The van der Waals surface area contributed by atoms with Crippen LogP contribution < -0.4 is 0 Å². The van der Waals surface area contributed by atoms with Crippen LogP contribution in [0.2, 0.25) is 0 Å². The molecule has 0 bridgehead atoms. The van der Waals surface area contributed by atoms with Gasteiger partial charge in [0.1, 0.15) is 0 Å². The molecular formula is C22H42FeN4. The fourth-order valence-corrected chi connectivity index (χ4v) is 3.44. The van der Waals surface area contributed by atoms with Gasteiger partial charge in [0.25, 0.3) is 0 Å². The van der Waals surface area contributed by atoms with Crippen LogP contribution >= 0.6 is 0 Å². The van der Waals surface area contributed by atoms with Gasteiger partial charge in [-0.15, -0.1) is 0 Å². The first kappa shape index (κ1) is 26.2. The third-order valence-corrected chi connectivity index (χ3v) is 5.32. The van der Waals surface area contributed by atoms with Crippen molar-refractivity contribution in [2.75, 3.05) is 0 Å². The second kappa shape index (κ2) is 10.7. The van der Waals surface area contributed by atoms with E-state index in [-0.39, 0.29) is 17.1 Å². The van der Waals surface area contributed by atoms with Gasteiger partial charge < -0.3 is 19.6 Å². The molecule has 0 amide bonds. The molecule has 0 fully saturated rings. The molecule has 4 nitrogen and oxygen atoms in total. The van der Waals surface area contributed by atoms with E-state index in [0.717, 1.165) is 0 Å². The first-order valence-corrected chi connectivity index (χ1v) is 10.1. The van der Waals surface area contributed by atoms with Gasteiger partial charge in [-0.3, -0.25) is 0 Å². The zero-order valence-corrected chi connectivity index (χ0v) is 20.7. The van der Waals surface area contributed by atoms with E-state index in [2.05, 4.69) is 116 Å². The molecule has 0 spiro atoms. The Morgan fingerprint density at radius 3 is 0.667 bits per heavy atom. The predicted molar refractivity (Wildman–Crippen MR) is 113 cm³/mol. The van der Waals surface area contributed by atoms with Gasteiger partial charge >= 0.3 is 17.1 Å². The molecule has 0 radical (unpaired) electrons. The first-order valence-electron chi connectivity index (χ1n) is 10.1. The van der Waals surface area contributed by atoms with Crippen LogP contribution in [0.3, 0.4) is 0 Å². The van der Waals surface area contributed by atoms with E-state index in [1.165, 1.54) is 22.8 Å². The average Bonchev–Trinajstić information content (AvgIpc) is 2.99. The summed E-state index contributed by atoms with van der Waals surface area (Å²) in [4.78, 5) is 9.31. The smallest absolute Gasteiger partial charge is 0.504 e. The number of hydrogen-bond donors (Lipinski definition) is 0. The van der Waals surface area contributed by atoms with Gasteiger partial charge in [-0.1, -0.05) is 0 Å². The number of hydrogen-bond acceptors (Lipinski definition) is 4. The standard InChI is InChI=1S/2C11H21N2.Fe/c2*1-8(2)12-7-13(9(3)4)11(6)10(12)5;/h2*7-9H,1-6H3;/q2*-1;+2. The van der Waals surface area contributed by atoms with Gasteiger partial charge in [-0.2, -0.15) is 13.3 Å². The SMILES string of the molecule is CC1=C(C)N(C(C)C)[CH-]N1C(C)C.CC1=C(C)N(C(C)C)[CH-]N1C(C)C.[Fe+2]. The molecule has 0 aromatic carbocycles. The van der Waals surface area contributed by atoms with Gasteiger partial charge in [-0.25, -0.2) is 0 Å². The summed E-state index contributed by atoms with van der Waals surface area (Å²) in [5.41, 5.74) is 5.51. The molecule has 0 N–H and O–H groups in total. The molecule has 0 aromatic rings. The molecule has 0 aliphatic carbocycles. The second-order valence-corrected chi connectivity index (χ2v) is 8.58. The van der Waals surface area contributed by atoms with Crippen LogP contribution in [0.25, 0.3) is 0 Å². The second-order valence-electron chi connectivity index (χ2n) is 8.58. The normalized spacial score (nSPS) is 17.8.